The maximum atomic E-state index is 12.3. The number of anilines is 1. The Kier molecular flexibility index (Phi) is 3.67. The fourth-order valence-electron chi connectivity index (χ4n) is 3.13. The number of aromatic hydroxyl groups is 1. The Hall–Kier alpha value is -2.57. The molecule has 7 heteroatoms. The summed E-state index contributed by atoms with van der Waals surface area (Å²) in [7, 11) is 0. The standard InChI is InChI=1S/C18H14ClN3O2S/c1-8-2-3-9(23)4-10(8)11-5-12(18-22-7-14(19)25-18)13-6-21-17(24)15(13)16(11)20/h2-5,7,23H,6,20H2,1H3,(H,21,24). The Morgan fingerprint density at radius 2 is 2.08 bits per heavy atom. The van der Waals surface area contributed by atoms with E-state index in [0.29, 0.717) is 27.7 Å². The van der Waals surface area contributed by atoms with Crippen LogP contribution in [0.4, 0.5) is 5.69 Å². The lowest BCUT2D eigenvalue weighted by molar-refractivity contribution is 0.0966. The van der Waals surface area contributed by atoms with E-state index < -0.39 is 0 Å². The Bertz CT molecular complexity index is 1030. The van der Waals surface area contributed by atoms with E-state index in [1.165, 1.54) is 11.3 Å². The van der Waals surface area contributed by atoms with E-state index in [1.54, 1.807) is 18.3 Å². The molecule has 0 fully saturated rings. The molecule has 0 bridgehead atoms. The van der Waals surface area contributed by atoms with Crippen molar-refractivity contribution in [3.05, 3.63) is 51.5 Å². The number of carbonyl (C=O) groups is 1. The molecule has 0 spiro atoms. The van der Waals surface area contributed by atoms with Crippen LogP contribution in [0.15, 0.2) is 30.5 Å². The summed E-state index contributed by atoms with van der Waals surface area (Å²) in [6.45, 7) is 2.34. The molecule has 0 radical (unpaired) electrons. The van der Waals surface area contributed by atoms with E-state index in [9.17, 15) is 9.90 Å². The zero-order chi connectivity index (χ0) is 17.7. The van der Waals surface area contributed by atoms with Gasteiger partial charge in [-0.05, 0) is 41.8 Å². The summed E-state index contributed by atoms with van der Waals surface area (Å²) < 4.78 is 0.577. The fourth-order valence-corrected chi connectivity index (χ4v) is 4.09. The van der Waals surface area contributed by atoms with E-state index in [2.05, 4.69) is 10.3 Å². The number of nitrogens with one attached hydrogen (secondary N) is 1. The molecule has 1 aromatic heterocycles. The lowest BCUT2D eigenvalue weighted by Gasteiger charge is -2.15. The number of phenols is 1. The molecule has 0 aliphatic carbocycles. The number of phenolic OH excluding ortho intramolecular Hbond substituents is 1. The van der Waals surface area contributed by atoms with Gasteiger partial charge in [0.05, 0.1) is 17.4 Å². The number of nitrogens with zero attached hydrogens (tertiary/aromatic N) is 1. The molecule has 0 saturated heterocycles. The van der Waals surface area contributed by atoms with Gasteiger partial charge in [0.15, 0.2) is 0 Å². The third kappa shape index (κ3) is 2.54. The second-order valence-corrected chi connectivity index (χ2v) is 7.55. The SMILES string of the molecule is Cc1ccc(O)cc1-c1cc(-c2ncc(Cl)s2)c2c(c1N)C(=O)NC2. The molecule has 0 unspecified atom stereocenters. The van der Waals surface area contributed by atoms with Crippen LogP contribution < -0.4 is 11.1 Å². The minimum Gasteiger partial charge on any atom is -0.508 e. The average Bonchev–Trinajstić information content (AvgIpc) is 3.17. The second kappa shape index (κ2) is 5.75. The normalized spacial score (nSPS) is 13.0. The van der Waals surface area contributed by atoms with Crippen molar-refractivity contribution in [2.45, 2.75) is 13.5 Å². The molecule has 1 aliphatic heterocycles. The minimum atomic E-state index is -0.198. The first-order chi connectivity index (χ1) is 12.0. The first-order valence-electron chi connectivity index (χ1n) is 7.61. The molecule has 3 aromatic rings. The smallest absolute Gasteiger partial charge is 0.254 e. The summed E-state index contributed by atoms with van der Waals surface area (Å²) in [5, 5.41) is 13.4. The summed E-state index contributed by atoms with van der Waals surface area (Å²) in [6, 6.07) is 7.01. The summed E-state index contributed by atoms with van der Waals surface area (Å²) in [5.74, 6) is -0.0557. The van der Waals surface area contributed by atoms with Crippen LogP contribution in [0.3, 0.4) is 0 Å². The summed E-state index contributed by atoms with van der Waals surface area (Å²) >= 11 is 7.39. The highest BCUT2D eigenvalue weighted by molar-refractivity contribution is 7.18. The highest BCUT2D eigenvalue weighted by Gasteiger charge is 2.29. The van der Waals surface area contributed by atoms with E-state index >= 15 is 0 Å². The van der Waals surface area contributed by atoms with E-state index in [-0.39, 0.29) is 11.7 Å². The number of rotatable bonds is 2. The number of hydrogen-bond donors (Lipinski definition) is 3. The van der Waals surface area contributed by atoms with Gasteiger partial charge in [0.1, 0.15) is 15.1 Å². The van der Waals surface area contributed by atoms with Crippen molar-refractivity contribution < 1.29 is 9.90 Å². The Morgan fingerprint density at radius 3 is 2.80 bits per heavy atom. The first-order valence-corrected chi connectivity index (χ1v) is 8.80. The van der Waals surface area contributed by atoms with Crippen molar-refractivity contribution in [1.29, 1.82) is 0 Å². The Balaban J connectivity index is 2.05. The van der Waals surface area contributed by atoms with Gasteiger partial charge in [-0.25, -0.2) is 4.98 Å². The zero-order valence-corrected chi connectivity index (χ0v) is 14.8. The molecule has 1 aliphatic rings. The molecular weight excluding hydrogens is 358 g/mol. The van der Waals surface area contributed by atoms with E-state index in [0.717, 1.165) is 27.3 Å². The van der Waals surface area contributed by atoms with Crippen LogP contribution in [0.5, 0.6) is 5.75 Å². The van der Waals surface area contributed by atoms with Crippen molar-refractivity contribution in [3.8, 4) is 27.4 Å². The highest BCUT2D eigenvalue weighted by Crippen LogP contribution is 2.42. The van der Waals surface area contributed by atoms with Crippen molar-refractivity contribution >= 4 is 34.5 Å². The lowest BCUT2D eigenvalue weighted by Crippen LogP contribution is -2.13. The van der Waals surface area contributed by atoms with Crippen molar-refractivity contribution in [3.63, 3.8) is 0 Å². The number of thiazole rings is 1. The molecule has 2 heterocycles. The largest absolute Gasteiger partial charge is 0.508 e. The van der Waals surface area contributed by atoms with Gasteiger partial charge in [0, 0.05) is 17.7 Å². The number of fused-ring (bicyclic) bond motifs is 1. The number of aromatic nitrogens is 1. The number of hydrogen-bond acceptors (Lipinski definition) is 5. The fraction of sp³-hybridized carbons (Fsp3) is 0.111. The Labute approximate surface area is 153 Å². The van der Waals surface area contributed by atoms with Crippen molar-refractivity contribution in [2.24, 2.45) is 0 Å². The maximum absolute atomic E-state index is 12.3. The average molecular weight is 372 g/mol. The predicted molar refractivity (Wildman–Crippen MR) is 100.0 cm³/mol. The number of nitrogen functional groups attached to an aromatic ring is 1. The molecule has 0 atom stereocenters. The number of aryl methyl sites for hydroxylation is 1. The second-order valence-electron chi connectivity index (χ2n) is 5.89. The van der Waals surface area contributed by atoms with Crippen LogP contribution in [-0.2, 0) is 6.54 Å². The van der Waals surface area contributed by atoms with Crippen molar-refractivity contribution in [2.75, 3.05) is 5.73 Å². The van der Waals surface area contributed by atoms with Crippen LogP contribution in [0.2, 0.25) is 4.34 Å². The van der Waals surface area contributed by atoms with Crippen LogP contribution >= 0.6 is 22.9 Å². The van der Waals surface area contributed by atoms with Gasteiger partial charge in [0.25, 0.3) is 5.91 Å². The third-order valence-corrected chi connectivity index (χ3v) is 5.50. The summed E-state index contributed by atoms with van der Waals surface area (Å²) in [4.78, 5) is 16.7. The number of nitrogens with two attached hydrogens (primary N) is 1. The maximum Gasteiger partial charge on any atom is 0.254 e. The number of amides is 1. The molecule has 2 aromatic carbocycles. The molecule has 4 rings (SSSR count). The molecule has 1 amide bonds. The van der Waals surface area contributed by atoms with Crippen LogP contribution in [0.1, 0.15) is 21.5 Å². The number of benzene rings is 2. The zero-order valence-electron chi connectivity index (χ0n) is 13.3. The van der Waals surface area contributed by atoms with Crippen LogP contribution in [0.25, 0.3) is 21.7 Å². The quantitative estimate of drug-likeness (QED) is 0.595. The number of carbonyl (C=O) groups excluding carboxylic acids is 1. The van der Waals surface area contributed by atoms with Gasteiger partial charge < -0.3 is 16.2 Å². The third-order valence-electron chi connectivity index (χ3n) is 4.35. The van der Waals surface area contributed by atoms with Gasteiger partial charge >= 0.3 is 0 Å². The van der Waals surface area contributed by atoms with E-state index in [4.69, 9.17) is 17.3 Å². The van der Waals surface area contributed by atoms with Gasteiger partial charge in [-0.3, -0.25) is 4.79 Å². The molecular formula is C18H14ClN3O2S. The minimum absolute atomic E-state index is 0.142. The molecule has 5 nitrogen and oxygen atoms in total. The molecule has 4 N–H and O–H groups in total. The van der Waals surface area contributed by atoms with Crippen molar-refractivity contribution in [1.82, 2.24) is 10.3 Å². The predicted octanol–water partition coefficient (Wildman–Crippen LogP) is 3.97. The van der Waals surface area contributed by atoms with E-state index in [1.807, 2.05) is 19.1 Å². The molecule has 126 valence electrons. The monoisotopic (exact) mass is 371 g/mol. The van der Waals surface area contributed by atoms with Crippen LogP contribution in [0, 0.1) is 6.92 Å². The van der Waals surface area contributed by atoms with Gasteiger partial charge in [-0.2, -0.15) is 0 Å². The summed E-state index contributed by atoms with van der Waals surface area (Å²) in [6.07, 6.45) is 1.59. The Morgan fingerprint density at radius 1 is 1.28 bits per heavy atom. The number of halogens is 1. The first kappa shape index (κ1) is 15.9. The molecule has 25 heavy (non-hydrogen) atoms. The topological polar surface area (TPSA) is 88.2 Å². The van der Waals surface area contributed by atoms with Crippen LogP contribution in [-0.4, -0.2) is 16.0 Å². The lowest BCUT2D eigenvalue weighted by atomic mass is 9.91. The highest BCUT2D eigenvalue weighted by atomic mass is 35.5. The van der Waals surface area contributed by atoms with Gasteiger partial charge in [0.2, 0.25) is 0 Å². The molecule has 0 saturated carbocycles. The van der Waals surface area contributed by atoms with Gasteiger partial charge in [-0.1, -0.05) is 17.7 Å². The van der Waals surface area contributed by atoms with Gasteiger partial charge in [-0.15, -0.1) is 11.3 Å². The summed E-state index contributed by atoms with van der Waals surface area (Å²) in [5.41, 5.74) is 11.3.